The number of amides is 3. The summed E-state index contributed by atoms with van der Waals surface area (Å²) in [6.45, 7) is 3.53. The largest absolute Gasteiger partial charge is 0.339 e. The number of halogens is 1. The third-order valence-electron chi connectivity index (χ3n) is 4.18. The highest BCUT2D eigenvalue weighted by Gasteiger charge is 2.38. The van der Waals surface area contributed by atoms with Crippen molar-refractivity contribution >= 4 is 29.1 Å². The molecule has 0 radical (unpaired) electrons. The van der Waals surface area contributed by atoms with Gasteiger partial charge in [-0.3, -0.25) is 14.4 Å². The van der Waals surface area contributed by atoms with Gasteiger partial charge in [-0.25, -0.2) is 4.39 Å². The first kappa shape index (κ1) is 17.6. The van der Waals surface area contributed by atoms with Gasteiger partial charge in [0.05, 0.1) is 6.54 Å². The lowest BCUT2D eigenvalue weighted by molar-refractivity contribution is -0.124. The van der Waals surface area contributed by atoms with Crippen LogP contribution < -0.4 is 15.5 Å². The molecule has 0 aliphatic carbocycles. The number of aryl methyl sites for hydroxylation is 1. The van der Waals surface area contributed by atoms with Crippen molar-refractivity contribution in [1.29, 1.82) is 0 Å². The third kappa shape index (κ3) is 3.56. The molecule has 2 aromatic carbocycles. The highest BCUT2D eigenvalue weighted by molar-refractivity contribution is 6.07. The number of hydrogen-bond donors (Lipinski definition) is 2. The van der Waals surface area contributed by atoms with Gasteiger partial charge in [-0.05, 0) is 48.9 Å². The second-order valence-corrected chi connectivity index (χ2v) is 6.16. The lowest BCUT2D eigenvalue weighted by Gasteiger charge is -2.38. The molecule has 0 bridgehead atoms. The summed E-state index contributed by atoms with van der Waals surface area (Å²) in [5.41, 5.74) is 2.33. The molecule has 1 aliphatic rings. The Labute approximate surface area is 150 Å². The van der Waals surface area contributed by atoms with E-state index < -0.39 is 11.9 Å². The van der Waals surface area contributed by atoms with Crippen molar-refractivity contribution in [1.82, 2.24) is 5.32 Å². The van der Waals surface area contributed by atoms with Crippen LogP contribution in [0.5, 0.6) is 0 Å². The van der Waals surface area contributed by atoms with Gasteiger partial charge in [0, 0.05) is 23.9 Å². The summed E-state index contributed by atoms with van der Waals surface area (Å²) < 4.78 is 13.0. The van der Waals surface area contributed by atoms with Gasteiger partial charge in [0.2, 0.25) is 5.91 Å². The van der Waals surface area contributed by atoms with Gasteiger partial charge in [0.15, 0.2) is 0 Å². The molecule has 3 amide bonds. The first-order chi connectivity index (χ1) is 12.3. The quantitative estimate of drug-likeness (QED) is 0.826. The van der Waals surface area contributed by atoms with Crippen molar-refractivity contribution in [2.45, 2.75) is 19.9 Å². The van der Waals surface area contributed by atoms with Crippen LogP contribution in [0.4, 0.5) is 15.8 Å². The van der Waals surface area contributed by atoms with Crippen LogP contribution in [0.25, 0.3) is 0 Å². The minimum atomic E-state index is -0.627. The number of nitrogens with one attached hydrogen (secondary N) is 2. The van der Waals surface area contributed by atoms with Crippen LogP contribution in [0, 0.1) is 12.7 Å². The Kier molecular flexibility index (Phi) is 4.71. The summed E-state index contributed by atoms with van der Waals surface area (Å²) in [4.78, 5) is 37.3. The molecule has 7 heteroatoms. The van der Waals surface area contributed by atoms with Gasteiger partial charge in [0.25, 0.3) is 11.8 Å². The van der Waals surface area contributed by atoms with E-state index in [1.165, 1.54) is 36.1 Å². The lowest BCUT2D eigenvalue weighted by atomic mass is 10.0. The fourth-order valence-corrected chi connectivity index (χ4v) is 2.72. The predicted molar refractivity (Wildman–Crippen MR) is 95.5 cm³/mol. The molecular formula is C19H18FN3O3. The van der Waals surface area contributed by atoms with E-state index in [1.54, 1.807) is 18.2 Å². The van der Waals surface area contributed by atoms with E-state index >= 15 is 0 Å². The SMILES string of the molecule is CC(=O)Nc1cc(C(=O)NC2CN(c3ccc(F)cc3)C2=O)ccc1C. The predicted octanol–water partition coefficient (Wildman–Crippen LogP) is 2.24. The summed E-state index contributed by atoms with van der Waals surface area (Å²) in [7, 11) is 0. The third-order valence-corrected chi connectivity index (χ3v) is 4.18. The Morgan fingerprint density at radius 1 is 1.15 bits per heavy atom. The van der Waals surface area contributed by atoms with Crippen LogP contribution in [0.1, 0.15) is 22.8 Å². The van der Waals surface area contributed by atoms with E-state index in [0.29, 0.717) is 23.5 Å². The molecule has 3 rings (SSSR count). The van der Waals surface area contributed by atoms with Crippen LogP contribution in [0.2, 0.25) is 0 Å². The molecule has 1 saturated heterocycles. The zero-order valence-corrected chi connectivity index (χ0v) is 14.4. The maximum Gasteiger partial charge on any atom is 0.252 e. The van der Waals surface area contributed by atoms with Gasteiger partial charge in [-0.1, -0.05) is 6.07 Å². The van der Waals surface area contributed by atoms with Crippen LogP contribution in [-0.2, 0) is 9.59 Å². The molecule has 1 fully saturated rings. The molecule has 1 aliphatic heterocycles. The van der Waals surface area contributed by atoms with Gasteiger partial charge >= 0.3 is 0 Å². The monoisotopic (exact) mass is 355 g/mol. The molecule has 2 aromatic rings. The normalized spacial score (nSPS) is 16.0. The Hall–Kier alpha value is -3.22. The molecule has 1 heterocycles. The summed E-state index contributed by atoms with van der Waals surface area (Å²) in [5.74, 6) is -1.25. The second-order valence-electron chi connectivity index (χ2n) is 6.16. The van der Waals surface area contributed by atoms with Gasteiger partial charge in [-0.2, -0.15) is 0 Å². The van der Waals surface area contributed by atoms with Crippen molar-refractivity contribution in [2.24, 2.45) is 0 Å². The average molecular weight is 355 g/mol. The second kappa shape index (κ2) is 6.95. The van der Waals surface area contributed by atoms with E-state index in [2.05, 4.69) is 10.6 Å². The van der Waals surface area contributed by atoms with Crippen LogP contribution >= 0.6 is 0 Å². The highest BCUT2D eigenvalue weighted by atomic mass is 19.1. The first-order valence-electron chi connectivity index (χ1n) is 8.11. The van der Waals surface area contributed by atoms with E-state index in [0.717, 1.165) is 5.56 Å². The summed E-state index contributed by atoms with van der Waals surface area (Å²) in [5, 5.41) is 5.34. The molecule has 1 atom stereocenters. The smallest absolute Gasteiger partial charge is 0.252 e. The zero-order chi connectivity index (χ0) is 18.8. The Balaban J connectivity index is 1.65. The number of carbonyl (C=O) groups excluding carboxylic acids is 3. The number of nitrogens with zero attached hydrogens (tertiary/aromatic N) is 1. The number of rotatable bonds is 4. The molecule has 1 unspecified atom stereocenters. The highest BCUT2D eigenvalue weighted by Crippen LogP contribution is 2.23. The molecule has 6 nitrogen and oxygen atoms in total. The Morgan fingerprint density at radius 3 is 2.46 bits per heavy atom. The molecular weight excluding hydrogens is 337 g/mol. The Morgan fingerprint density at radius 2 is 1.85 bits per heavy atom. The molecule has 0 saturated carbocycles. The maximum absolute atomic E-state index is 13.0. The molecule has 2 N–H and O–H groups in total. The average Bonchev–Trinajstić information content (AvgIpc) is 2.60. The van der Waals surface area contributed by atoms with Crippen molar-refractivity contribution in [3.63, 3.8) is 0 Å². The van der Waals surface area contributed by atoms with E-state index in [4.69, 9.17) is 0 Å². The van der Waals surface area contributed by atoms with Crippen molar-refractivity contribution in [3.05, 3.63) is 59.4 Å². The van der Waals surface area contributed by atoms with Crippen molar-refractivity contribution in [2.75, 3.05) is 16.8 Å². The van der Waals surface area contributed by atoms with Crippen LogP contribution in [0.3, 0.4) is 0 Å². The van der Waals surface area contributed by atoms with Gasteiger partial charge < -0.3 is 15.5 Å². The standard InChI is InChI=1S/C19H18FN3O3/c1-11-3-4-13(9-16(11)21-12(2)24)18(25)22-17-10-23(19(17)26)15-7-5-14(20)6-8-15/h3-9,17H,10H2,1-2H3,(H,21,24)(H,22,25). The fraction of sp³-hybridized carbons (Fsp3) is 0.211. The summed E-state index contributed by atoms with van der Waals surface area (Å²) in [6.07, 6.45) is 0. The van der Waals surface area contributed by atoms with Crippen LogP contribution in [-0.4, -0.2) is 30.3 Å². The van der Waals surface area contributed by atoms with Gasteiger partial charge in [-0.15, -0.1) is 0 Å². The molecule has 0 spiro atoms. The number of anilines is 2. The minimum Gasteiger partial charge on any atom is -0.339 e. The number of hydrogen-bond acceptors (Lipinski definition) is 3. The maximum atomic E-state index is 13.0. The van der Waals surface area contributed by atoms with E-state index in [9.17, 15) is 18.8 Å². The Bertz CT molecular complexity index is 880. The fourth-order valence-electron chi connectivity index (χ4n) is 2.72. The number of benzene rings is 2. The molecule has 134 valence electrons. The number of β-lactam (4-membered cyclic amide) rings is 1. The minimum absolute atomic E-state index is 0.227. The summed E-state index contributed by atoms with van der Waals surface area (Å²) in [6, 6.07) is 9.92. The van der Waals surface area contributed by atoms with Crippen molar-refractivity contribution in [3.8, 4) is 0 Å². The topological polar surface area (TPSA) is 78.5 Å². The summed E-state index contributed by atoms with van der Waals surface area (Å²) >= 11 is 0. The number of carbonyl (C=O) groups is 3. The molecule has 0 aromatic heterocycles. The molecule has 26 heavy (non-hydrogen) atoms. The van der Waals surface area contributed by atoms with E-state index in [-0.39, 0.29) is 17.6 Å². The first-order valence-corrected chi connectivity index (χ1v) is 8.11. The lowest BCUT2D eigenvalue weighted by Crippen LogP contribution is -2.64. The van der Waals surface area contributed by atoms with Crippen molar-refractivity contribution < 1.29 is 18.8 Å². The van der Waals surface area contributed by atoms with E-state index in [1.807, 2.05) is 6.92 Å². The van der Waals surface area contributed by atoms with Crippen LogP contribution in [0.15, 0.2) is 42.5 Å². The zero-order valence-electron chi connectivity index (χ0n) is 14.4. The van der Waals surface area contributed by atoms with Gasteiger partial charge in [0.1, 0.15) is 11.9 Å².